The number of carbonyl (C=O) groups excluding carboxylic acids is 1. The molecule has 0 saturated heterocycles. The summed E-state index contributed by atoms with van der Waals surface area (Å²) in [4.78, 5) is 13.6. The van der Waals surface area contributed by atoms with Crippen LogP contribution in [0.2, 0.25) is 5.02 Å². The van der Waals surface area contributed by atoms with Gasteiger partial charge in [0.15, 0.2) is 5.78 Å². The second-order valence-corrected chi connectivity index (χ2v) is 8.88. The van der Waals surface area contributed by atoms with Crippen molar-refractivity contribution < 1.29 is 4.79 Å². The van der Waals surface area contributed by atoms with Crippen molar-refractivity contribution in [1.82, 2.24) is 0 Å². The molecule has 1 aliphatic carbocycles. The molecule has 0 atom stereocenters. The van der Waals surface area contributed by atoms with Crippen molar-refractivity contribution in [2.75, 3.05) is 0 Å². The van der Waals surface area contributed by atoms with Gasteiger partial charge >= 0.3 is 0 Å². The molecule has 0 fully saturated rings. The van der Waals surface area contributed by atoms with Gasteiger partial charge in [0.05, 0.1) is 0 Å². The second-order valence-electron chi connectivity index (χ2n) is 8.45. The molecular formula is C31H25ClO. The third kappa shape index (κ3) is 3.94. The summed E-state index contributed by atoms with van der Waals surface area (Å²) in [6, 6.07) is 31.0. The van der Waals surface area contributed by atoms with Gasteiger partial charge in [0, 0.05) is 21.7 Å². The van der Waals surface area contributed by atoms with E-state index in [1.165, 1.54) is 11.1 Å². The first-order valence-electron chi connectivity index (χ1n) is 11.5. The number of ketones is 1. The van der Waals surface area contributed by atoms with Crippen molar-refractivity contribution in [2.24, 2.45) is 0 Å². The minimum atomic E-state index is 0.0760. The molecule has 4 aromatic rings. The smallest absolute Gasteiger partial charge is 0.194 e. The van der Waals surface area contributed by atoms with Crippen LogP contribution in [0.25, 0.3) is 22.3 Å². The molecule has 0 unspecified atom stereocenters. The zero-order valence-electron chi connectivity index (χ0n) is 18.9. The molecule has 0 saturated carbocycles. The molecule has 5 rings (SSSR count). The fraction of sp³-hybridized carbons (Fsp3) is 0.129. The van der Waals surface area contributed by atoms with Crippen LogP contribution >= 0.6 is 11.6 Å². The largest absolute Gasteiger partial charge is 0.289 e. The summed E-state index contributed by atoms with van der Waals surface area (Å²) in [5.41, 5.74) is 10.3. The van der Waals surface area contributed by atoms with Crippen molar-refractivity contribution in [2.45, 2.75) is 26.7 Å². The van der Waals surface area contributed by atoms with E-state index in [-0.39, 0.29) is 5.78 Å². The molecular weight excluding hydrogens is 424 g/mol. The fourth-order valence-electron chi connectivity index (χ4n) is 4.54. The lowest BCUT2D eigenvalue weighted by molar-refractivity contribution is 0.105. The molecule has 0 spiro atoms. The van der Waals surface area contributed by atoms with Gasteiger partial charge in [-0.05, 0) is 76.1 Å². The lowest BCUT2D eigenvalue weighted by Crippen LogP contribution is -1.99. The zero-order valence-corrected chi connectivity index (χ0v) is 19.6. The van der Waals surface area contributed by atoms with Crippen LogP contribution in [0.3, 0.4) is 0 Å². The highest BCUT2D eigenvalue weighted by Gasteiger charge is 2.31. The van der Waals surface area contributed by atoms with E-state index in [1.807, 2.05) is 30.3 Å². The van der Waals surface area contributed by atoms with Gasteiger partial charge in [-0.25, -0.2) is 0 Å². The molecule has 0 heterocycles. The molecule has 1 aliphatic rings. The molecule has 0 aliphatic heterocycles. The standard InChI is InChI=1S/C31H25ClO/c1-3-20-5-9-22(10-6-20)25-15-18-27-28(19-25)29(23-13-16-26(32)17-14-23)30(31(27)33)24-11-7-21(4-2)8-12-24/h5-19H,3-4H2,1-2H3. The highest BCUT2D eigenvalue weighted by atomic mass is 35.5. The van der Waals surface area contributed by atoms with Crippen LogP contribution < -0.4 is 0 Å². The predicted molar refractivity (Wildman–Crippen MR) is 139 cm³/mol. The Morgan fingerprint density at radius 1 is 0.545 bits per heavy atom. The maximum absolute atomic E-state index is 13.6. The summed E-state index contributed by atoms with van der Waals surface area (Å²) in [6.07, 6.45) is 1.99. The maximum atomic E-state index is 13.6. The highest BCUT2D eigenvalue weighted by Crippen LogP contribution is 2.43. The van der Waals surface area contributed by atoms with Gasteiger partial charge in [0.2, 0.25) is 0 Å². The van der Waals surface area contributed by atoms with Crippen molar-refractivity contribution in [3.05, 3.63) is 129 Å². The molecule has 4 aromatic carbocycles. The summed E-state index contributed by atoms with van der Waals surface area (Å²) in [7, 11) is 0. The quantitative estimate of drug-likeness (QED) is 0.300. The Hall–Kier alpha value is -3.42. The fourth-order valence-corrected chi connectivity index (χ4v) is 4.67. The summed E-state index contributed by atoms with van der Waals surface area (Å²) in [5.74, 6) is 0.0760. The summed E-state index contributed by atoms with van der Waals surface area (Å²) in [5, 5.41) is 0.683. The molecule has 0 radical (unpaired) electrons. The van der Waals surface area contributed by atoms with E-state index >= 15 is 0 Å². The highest BCUT2D eigenvalue weighted by molar-refractivity contribution is 6.41. The Bertz CT molecular complexity index is 1360. The number of aryl methyl sites for hydroxylation is 2. The first-order chi connectivity index (χ1) is 16.1. The van der Waals surface area contributed by atoms with E-state index in [1.54, 1.807) is 0 Å². The van der Waals surface area contributed by atoms with E-state index in [2.05, 4.69) is 74.5 Å². The number of benzene rings is 4. The Balaban J connectivity index is 1.71. The minimum absolute atomic E-state index is 0.0760. The first kappa shape index (κ1) is 21.4. The number of carbonyl (C=O) groups is 1. The number of halogens is 1. The molecule has 2 heteroatoms. The van der Waals surface area contributed by atoms with Crippen LogP contribution in [0, 0.1) is 0 Å². The van der Waals surface area contributed by atoms with Gasteiger partial charge in [0.25, 0.3) is 0 Å². The number of Topliss-reactive ketones (excluding diaryl/α,β-unsaturated/α-hetero) is 1. The number of hydrogen-bond donors (Lipinski definition) is 0. The number of allylic oxidation sites excluding steroid dienone is 1. The molecule has 0 aromatic heterocycles. The second kappa shape index (κ2) is 8.84. The van der Waals surface area contributed by atoms with Crippen LogP contribution in [0.1, 0.15) is 52.0 Å². The van der Waals surface area contributed by atoms with Crippen molar-refractivity contribution in [3.8, 4) is 11.1 Å². The Morgan fingerprint density at radius 2 is 1.03 bits per heavy atom. The average Bonchev–Trinajstić information content (AvgIpc) is 3.16. The van der Waals surface area contributed by atoms with E-state index in [0.29, 0.717) is 5.02 Å². The van der Waals surface area contributed by atoms with Gasteiger partial charge in [-0.2, -0.15) is 0 Å². The Morgan fingerprint density at radius 3 is 1.61 bits per heavy atom. The maximum Gasteiger partial charge on any atom is 0.194 e. The normalized spacial score (nSPS) is 12.9. The van der Waals surface area contributed by atoms with Crippen molar-refractivity contribution >= 4 is 28.5 Å². The van der Waals surface area contributed by atoms with Gasteiger partial charge in [-0.3, -0.25) is 4.79 Å². The van der Waals surface area contributed by atoms with Gasteiger partial charge < -0.3 is 0 Å². The van der Waals surface area contributed by atoms with E-state index < -0.39 is 0 Å². The first-order valence-corrected chi connectivity index (χ1v) is 11.8. The summed E-state index contributed by atoms with van der Waals surface area (Å²) in [6.45, 7) is 4.30. The zero-order chi connectivity index (χ0) is 22.9. The molecule has 0 amide bonds. The van der Waals surface area contributed by atoms with Crippen LogP contribution in [-0.4, -0.2) is 5.78 Å². The third-order valence-electron chi connectivity index (χ3n) is 6.49. The van der Waals surface area contributed by atoms with Crippen LogP contribution in [-0.2, 0) is 12.8 Å². The molecule has 0 bridgehead atoms. The van der Waals surface area contributed by atoms with E-state index in [0.717, 1.165) is 57.4 Å². The van der Waals surface area contributed by atoms with Gasteiger partial charge in [-0.15, -0.1) is 0 Å². The average molecular weight is 449 g/mol. The minimum Gasteiger partial charge on any atom is -0.289 e. The predicted octanol–water partition coefficient (Wildman–Crippen LogP) is 8.29. The lowest BCUT2D eigenvalue weighted by Gasteiger charge is -2.11. The SMILES string of the molecule is CCc1ccc(C2=C(c3ccc(Cl)cc3)c3cc(-c4ccc(CC)cc4)ccc3C2=O)cc1. The topological polar surface area (TPSA) is 17.1 Å². The Kier molecular flexibility index (Phi) is 5.74. The number of fused-ring (bicyclic) bond motifs is 1. The summed E-state index contributed by atoms with van der Waals surface area (Å²) >= 11 is 6.18. The number of hydrogen-bond acceptors (Lipinski definition) is 1. The van der Waals surface area contributed by atoms with Crippen LogP contribution in [0.4, 0.5) is 0 Å². The molecule has 162 valence electrons. The van der Waals surface area contributed by atoms with E-state index in [4.69, 9.17) is 11.6 Å². The summed E-state index contributed by atoms with van der Waals surface area (Å²) < 4.78 is 0. The Labute approximate surface area is 200 Å². The number of rotatable bonds is 5. The van der Waals surface area contributed by atoms with Gasteiger partial charge in [-0.1, -0.05) is 92.2 Å². The third-order valence-corrected chi connectivity index (χ3v) is 6.74. The van der Waals surface area contributed by atoms with Crippen LogP contribution in [0.5, 0.6) is 0 Å². The van der Waals surface area contributed by atoms with Gasteiger partial charge in [0.1, 0.15) is 0 Å². The molecule has 33 heavy (non-hydrogen) atoms. The van der Waals surface area contributed by atoms with E-state index in [9.17, 15) is 4.79 Å². The molecule has 1 nitrogen and oxygen atoms in total. The van der Waals surface area contributed by atoms with Crippen molar-refractivity contribution in [1.29, 1.82) is 0 Å². The molecule has 0 N–H and O–H groups in total. The van der Waals surface area contributed by atoms with Crippen molar-refractivity contribution in [3.63, 3.8) is 0 Å². The van der Waals surface area contributed by atoms with Crippen LogP contribution in [0.15, 0.2) is 91.0 Å². The monoisotopic (exact) mass is 448 g/mol. The lowest BCUT2D eigenvalue weighted by atomic mass is 9.92.